The molecule has 0 fully saturated rings. The van der Waals surface area contributed by atoms with Crippen molar-refractivity contribution in [2.24, 2.45) is 0 Å². The molecule has 7 nitrogen and oxygen atoms in total. The van der Waals surface area contributed by atoms with E-state index in [0.29, 0.717) is 18.2 Å². The van der Waals surface area contributed by atoms with Gasteiger partial charge in [-0.05, 0) is 57.2 Å². The third-order valence-electron chi connectivity index (χ3n) is 3.77. The Hall–Kier alpha value is -3.35. The fourth-order valence-electron chi connectivity index (χ4n) is 2.33. The summed E-state index contributed by atoms with van der Waals surface area (Å²) in [5.74, 6) is 1.30. The van der Waals surface area contributed by atoms with E-state index in [1.807, 2.05) is 62.4 Å². The van der Waals surface area contributed by atoms with Crippen LogP contribution in [-0.2, 0) is 4.79 Å². The van der Waals surface area contributed by atoms with E-state index < -0.39 is 6.10 Å². The highest BCUT2D eigenvalue weighted by Crippen LogP contribution is 2.23. The second kappa shape index (κ2) is 8.35. The molecule has 0 saturated heterocycles. The van der Waals surface area contributed by atoms with Gasteiger partial charge in [-0.1, -0.05) is 22.8 Å². The quantitative estimate of drug-likeness (QED) is 0.683. The van der Waals surface area contributed by atoms with Gasteiger partial charge in [0.15, 0.2) is 6.10 Å². The van der Waals surface area contributed by atoms with E-state index in [0.717, 1.165) is 16.9 Å². The fourth-order valence-corrected chi connectivity index (χ4v) is 2.33. The maximum Gasteiger partial charge on any atom is 0.322 e. The van der Waals surface area contributed by atoms with Crippen molar-refractivity contribution in [1.82, 2.24) is 10.2 Å². The van der Waals surface area contributed by atoms with Gasteiger partial charge in [0.25, 0.3) is 5.91 Å². The van der Waals surface area contributed by atoms with Gasteiger partial charge in [-0.25, -0.2) is 0 Å². The predicted molar refractivity (Wildman–Crippen MR) is 101 cm³/mol. The zero-order valence-corrected chi connectivity index (χ0v) is 15.4. The average Bonchev–Trinajstić information content (AvgIpc) is 3.13. The largest absolute Gasteiger partial charge is 0.494 e. The highest BCUT2D eigenvalue weighted by atomic mass is 16.5. The van der Waals surface area contributed by atoms with E-state index in [9.17, 15) is 4.79 Å². The first kappa shape index (κ1) is 18.4. The van der Waals surface area contributed by atoms with E-state index in [1.54, 1.807) is 6.92 Å². The standard InChI is InChI=1S/C20H21N3O4/c1-4-25-16-11-7-15(8-12-16)19-22-23-20(27-19)21-18(24)14(3)26-17-9-5-13(2)6-10-17/h5-12,14H,4H2,1-3H3,(H,21,23,24)/t14-/m0/s1. The zero-order valence-electron chi connectivity index (χ0n) is 15.4. The molecule has 0 saturated carbocycles. The third-order valence-corrected chi connectivity index (χ3v) is 3.77. The molecular formula is C20H21N3O4. The van der Waals surface area contributed by atoms with E-state index in [4.69, 9.17) is 13.9 Å². The van der Waals surface area contributed by atoms with Crippen molar-refractivity contribution in [2.45, 2.75) is 26.9 Å². The summed E-state index contributed by atoms with van der Waals surface area (Å²) in [6, 6.07) is 14.7. The molecule has 2 aromatic carbocycles. The molecule has 0 unspecified atom stereocenters. The molecule has 1 amide bonds. The summed E-state index contributed by atoms with van der Waals surface area (Å²) in [4.78, 5) is 12.3. The molecule has 0 radical (unpaired) electrons. The number of amides is 1. The minimum atomic E-state index is -0.714. The van der Waals surface area contributed by atoms with Gasteiger partial charge < -0.3 is 13.9 Å². The molecule has 1 aromatic heterocycles. The molecule has 0 aliphatic carbocycles. The predicted octanol–water partition coefficient (Wildman–Crippen LogP) is 3.85. The van der Waals surface area contributed by atoms with Crippen LogP contribution in [0.2, 0.25) is 0 Å². The van der Waals surface area contributed by atoms with Crippen LogP contribution in [0.5, 0.6) is 11.5 Å². The maximum absolute atomic E-state index is 12.3. The minimum absolute atomic E-state index is 0.0169. The summed E-state index contributed by atoms with van der Waals surface area (Å²) >= 11 is 0. The molecule has 1 heterocycles. The van der Waals surface area contributed by atoms with Gasteiger partial charge in [-0.15, -0.1) is 5.10 Å². The molecule has 140 valence electrons. The number of aromatic nitrogens is 2. The van der Waals surface area contributed by atoms with Crippen LogP contribution in [0.15, 0.2) is 52.9 Å². The number of carbonyl (C=O) groups excluding carboxylic acids is 1. The molecule has 0 aliphatic rings. The van der Waals surface area contributed by atoms with Crippen molar-refractivity contribution in [2.75, 3.05) is 11.9 Å². The summed E-state index contributed by atoms with van der Waals surface area (Å²) in [5.41, 5.74) is 1.85. The van der Waals surface area contributed by atoms with Gasteiger partial charge in [-0.3, -0.25) is 10.1 Å². The molecule has 3 rings (SSSR count). The molecule has 0 bridgehead atoms. The Kier molecular flexibility index (Phi) is 5.71. The van der Waals surface area contributed by atoms with Crippen LogP contribution >= 0.6 is 0 Å². The summed E-state index contributed by atoms with van der Waals surface area (Å²) in [6.07, 6.45) is -0.714. The van der Waals surface area contributed by atoms with Crippen molar-refractivity contribution in [3.63, 3.8) is 0 Å². The first-order valence-electron chi connectivity index (χ1n) is 8.66. The van der Waals surface area contributed by atoms with Gasteiger partial charge in [0.2, 0.25) is 5.89 Å². The van der Waals surface area contributed by atoms with E-state index in [2.05, 4.69) is 15.5 Å². The number of benzene rings is 2. The monoisotopic (exact) mass is 367 g/mol. The lowest BCUT2D eigenvalue weighted by Gasteiger charge is -2.13. The zero-order chi connectivity index (χ0) is 19.2. The number of carbonyl (C=O) groups is 1. The molecule has 1 atom stereocenters. The molecular weight excluding hydrogens is 346 g/mol. The van der Waals surface area contributed by atoms with Crippen molar-refractivity contribution in [1.29, 1.82) is 0 Å². The van der Waals surface area contributed by atoms with Crippen LogP contribution in [0.4, 0.5) is 6.01 Å². The summed E-state index contributed by atoms with van der Waals surface area (Å²) in [6.45, 7) is 6.15. The lowest BCUT2D eigenvalue weighted by Crippen LogP contribution is -2.30. The summed E-state index contributed by atoms with van der Waals surface area (Å²) in [5, 5.41) is 10.4. The Balaban J connectivity index is 1.60. The number of aryl methyl sites for hydroxylation is 1. The highest BCUT2D eigenvalue weighted by Gasteiger charge is 2.18. The van der Waals surface area contributed by atoms with Crippen LogP contribution < -0.4 is 14.8 Å². The molecule has 27 heavy (non-hydrogen) atoms. The Labute approximate surface area is 157 Å². The van der Waals surface area contributed by atoms with Crippen LogP contribution in [0.1, 0.15) is 19.4 Å². The van der Waals surface area contributed by atoms with E-state index in [-0.39, 0.29) is 11.9 Å². The van der Waals surface area contributed by atoms with E-state index >= 15 is 0 Å². The maximum atomic E-state index is 12.3. The van der Waals surface area contributed by atoms with Gasteiger partial charge in [0.05, 0.1) is 6.61 Å². The SMILES string of the molecule is CCOc1ccc(-c2nnc(NC(=O)[C@H](C)Oc3ccc(C)cc3)o2)cc1. The van der Waals surface area contributed by atoms with Crippen LogP contribution in [0.25, 0.3) is 11.5 Å². The number of nitrogens with one attached hydrogen (secondary N) is 1. The third kappa shape index (κ3) is 4.84. The Morgan fingerprint density at radius 1 is 1.07 bits per heavy atom. The summed E-state index contributed by atoms with van der Waals surface area (Å²) < 4.78 is 16.5. The lowest BCUT2D eigenvalue weighted by molar-refractivity contribution is -0.122. The highest BCUT2D eigenvalue weighted by molar-refractivity contribution is 5.92. The number of rotatable bonds is 7. The van der Waals surface area contributed by atoms with Crippen LogP contribution in [-0.4, -0.2) is 28.8 Å². The first-order chi connectivity index (χ1) is 13.0. The Bertz CT molecular complexity index is 888. The minimum Gasteiger partial charge on any atom is -0.494 e. The Morgan fingerprint density at radius 3 is 2.41 bits per heavy atom. The second-order valence-corrected chi connectivity index (χ2v) is 5.93. The molecule has 3 aromatic rings. The van der Waals surface area contributed by atoms with Gasteiger partial charge in [0, 0.05) is 5.56 Å². The van der Waals surface area contributed by atoms with E-state index in [1.165, 1.54) is 0 Å². The molecule has 1 N–H and O–H groups in total. The molecule has 7 heteroatoms. The van der Waals surface area contributed by atoms with Crippen molar-refractivity contribution < 1.29 is 18.7 Å². The van der Waals surface area contributed by atoms with Gasteiger partial charge >= 0.3 is 6.01 Å². The Morgan fingerprint density at radius 2 is 1.74 bits per heavy atom. The van der Waals surface area contributed by atoms with Gasteiger partial charge in [0.1, 0.15) is 11.5 Å². The van der Waals surface area contributed by atoms with Crippen LogP contribution in [0.3, 0.4) is 0 Å². The number of hydrogen-bond acceptors (Lipinski definition) is 6. The van der Waals surface area contributed by atoms with Crippen LogP contribution in [0, 0.1) is 6.92 Å². The number of hydrogen-bond donors (Lipinski definition) is 1. The van der Waals surface area contributed by atoms with Crippen molar-refractivity contribution in [3.05, 3.63) is 54.1 Å². The first-order valence-corrected chi connectivity index (χ1v) is 8.66. The number of nitrogens with zero attached hydrogens (tertiary/aromatic N) is 2. The van der Waals surface area contributed by atoms with Crippen molar-refractivity contribution >= 4 is 11.9 Å². The summed E-state index contributed by atoms with van der Waals surface area (Å²) in [7, 11) is 0. The topological polar surface area (TPSA) is 86.5 Å². The smallest absolute Gasteiger partial charge is 0.322 e. The normalized spacial score (nSPS) is 11.7. The molecule has 0 aliphatic heterocycles. The number of ether oxygens (including phenoxy) is 2. The second-order valence-electron chi connectivity index (χ2n) is 5.93. The average molecular weight is 367 g/mol. The van der Waals surface area contributed by atoms with Crippen molar-refractivity contribution in [3.8, 4) is 23.0 Å². The van der Waals surface area contributed by atoms with Gasteiger partial charge in [-0.2, -0.15) is 0 Å². The number of anilines is 1. The lowest BCUT2D eigenvalue weighted by atomic mass is 10.2. The molecule has 0 spiro atoms. The fraction of sp³-hybridized carbons (Fsp3) is 0.250.